The summed E-state index contributed by atoms with van der Waals surface area (Å²) in [6, 6.07) is 14.9. The summed E-state index contributed by atoms with van der Waals surface area (Å²) in [5.74, 6) is 1.69. The minimum atomic E-state index is 0.322. The van der Waals surface area contributed by atoms with E-state index in [-0.39, 0.29) is 0 Å². The van der Waals surface area contributed by atoms with Crippen LogP contribution in [0.25, 0.3) is 10.9 Å². The molecular weight excluding hydrogens is 326 g/mol. The number of rotatable bonds is 4. The maximum Gasteiger partial charge on any atom is 0.231 e. The first-order valence-electron chi connectivity index (χ1n) is 9.29. The third-order valence-corrected chi connectivity index (χ3v) is 5.45. The minimum Gasteiger partial charge on any atom is -0.454 e. The third-order valence-electron chi connectivity index (χ3n) is 5.45. The van der Waals surface area contributed by atoms with E-state index in [1.807, 2.05) is 6.07 Å². The predicted molar refractivity (Wildman–Crippen MR) is 103 cm³/mol. The smallest absolute Gasteiger partial charge is 0.231 e. The Bertz CT molecular complexity index is 898. The molecule has 0 atom stereocenters. The lowest BCUT2D eigenvalue weighted by molar-refractivity contribution is 0.174. The zero-order valence-corrected chi connectivity index (χ0v) is 14.8. The van der Waals surface area contributed by atoms with E-state index in [2.05, 4.69) is 57.4 Å². The maximum atomic E-state index is 5.53. The van der Waals surface area contributed by atoms with Crippen molar-refractivity contribution >= 4 is 16.6 Å². The molecule has 5 heteroatoms. The molecule has 1 aromatic heterocycles. The number of aromatic amines is 1. The molecule has 1 fully saturated rings. The Labute approximate surface area is 153 Å². The van der Waals surface area contributed by atoms with E-state index in [1.54, 1.807) is 0 Å². The molecule has 0 spiro atoms. The Morgan fingerprint density at radius 3 is 2.50 bits per heavy atom. The Hall–Kier alpha value is -2.66. The molecule has 0 unspecified atom stereocenters. The minimum absolute atomic E-state index is 0.322. The Balaban J connectivity index is 1.22. The van der Waals surface area contributed by atoms with Crippen molar-refractivity contribution in [2.75, 3.05) is 44.4 Å². The summed E-state index contributed by atoms with van der Waals surface area (Å²) in [5.41, 5.74) is 3.81. The number of H-pyrrole nitrogens is 1. The number of piperazine rings is 1. The van der Waals surface area contributed by atoms with Crippen LogP contribution in [0.3, 0.4) is 0 Å². The van der Waals surface area contributed by atoms with Crippen LogP contribution >= 0.6 is 0 Å². The van der Waals surface area contributed by atoms with E-state index in [1.165, 1.54) is 16.6 Å². The second-order valence-electron chi connectivity index (χ2n) is 6.98. The lowest BCUT2D eigenvalue weighted by Crippen LogP contribution is -2.46. The van der Waals surface area contributed by atoms with Gasteiger partial charge in [0.15, 0.2) is 11.5 Å². The first-order chi connectivity index (χ1) is 12.9. The van der Waals surface area contributed by atoms with Gasteiger partial charge in [0.05, 0.1) is 0 Å². The Kier molecular flexibility index (Phi) is 3.94. The number of fused-ring (bicyclic) bond motifs is 2. The fourth-order valence-electron chi connectivity index (χ4n) is 3.92. The number of ether oxygens (including phenoxy) is 2. The fourth-order valence-corrected chi connectivity index (χ4v) is 3.92. The highest BCUT2D eigenvalue weighted by atomic mass is 16.7. The molecule has 3 aromatic rings. The highest BCUT2D eigenvalue weighted by Crippen LogP contribution is 2.37. The first kappa shape index (κ1) is 15.6. The second kappa shape index (κ2) is 6.57. The first-order valence-corrected chi connectivity index (χ1v) is 9.29. The van der Waals surface area contributed by atoms with E-state index in [4.69, 9.17) is 9.47 Å². The summed E-state index contributed by atoms with van der Waals surface area (Å²) >= 11 is 0. The number of para-hydroxylation sites is 1. The highest BCUT2D eigenvalue weighted by molar-refractivity contribution is 5.87. The normalized spacial score (nSPS) is 17.2. The number of hydrogen-bond acceptors (Lipinski definition) is 4. The molecule has 0 bridgehead atoms. The SMILES string of the molecule is c1ccc(N2CCN(CCc3c[nH]c4cc5c(cc34)OCO5)CC2)cc1. The van der Waals surface area contributed by atoms with Crippen molar-refractivity contribution in [3.63, 3.8) is 0 Å². The van der Waals surface area contributed by atoms with E-state index in [0.717, 1.165) is 56.2 Å². The van der Waals surface area contributed by atoms with Crippen LogP contribution in [0, 0.1) is 0 Å². The molecule has 2 aromatic carbocycles. The molecule has 2 aliphatic heterocycles. The van der Waals surface area contributed by atoms with Gasteiger partial charge in [0, 0.05) is 61.6 Å². The van der Waals surface area contributed by atoms with Crippen LogP contribution in [-0.4, -0.2) is 49.4 Å². The van der Waals surface area contributed by atoms with Gasteiger partial charge in [0.25, 0.3) is 0 Å². The molecule has 3 heterocycles. The van der Waals surface area contributed by atoms with Crippen LogP contribution in [0.1, 0.15) is 5.56 Å². The largest absolute Gasteiger partial charge is 0.454 e. The predicted octanol–water partition coefficient (Wildman–Crippen LogP) is 3.26. The number of anilines is 1. The van der Waals surface area contributed by atoms with E-state index in [0.29, 0.717) is 6.79 Å². The molecule has 1 N–H and O–H groups in total. The molecule has 2 aliphatic rings. The maximum absolute atomic E-state index is 5.53. The second-order valence-corrected chi connectivity index (χ2v) is 6.98. The quantitative estimate of drug-likeness (QED) is 0.785. The molecule has 5 rings (SSSR count). The van der Waals surface area contributed by atoms with Crippen molar-refractivity contribution in [3.05, 3.63) is 54.2 Å². The van der Waals surface area contributed by atoms with Crippen molar-refractivity contribution < 1.29 is 9.47 Å². The molecule has 26 heavy (non-hydrogen) atoms. The fraction of sp³-hybridized carbons (Fsp3) is 0.333. The van der Waals surface area contributed by atoms with Crippen molar-refractivity contribution in [1.82, 2.24) is 9.88 Å². The van der Waals surface area contributed by atoms with Crippen LogP contribution in [0.2, 0.25) is 0 Å². The molecule has 1 saturated heterocycles. The summed E-state index contributed by atoms with van der Waals surface area (Å²) < 4.78 is 11.0. The summed E-state index contributed by atoms with van der Waals surface area (Å²) in [4.78, 5) is 8.41. The van der Waals surface area contributed by atoms with Crippen LogP contribution in [0.5, 0.6) is 11.5 Å². The summed E-state index contributed by atoms with van der Waals surface area (Å²) in [7, 11) is 0. The number of nitrogens with zero attached hydrogens (tertiary/aromatic N) is 2. The zero-order valence-electron chi connectivity index (χ0n) is 14.8. The van der Waals surface area contributed by atoms with Gasteiger partial charge in [-0.1, -0.05) is 18.2 Å². The summed E-state index contributed by atoms with van der Waals surface area (Å²) in [5, 5.41) is 1.25. The van der Waals surface area contributed by atoms with Gasteiger partial charge in [-0.2, -0.15) is 0 Å². The molecule has 0 saturated carbocycles. The summed E-state index contributed by atoms with van der Waals surface area (Å²) in [6.07, 6.45) is 3.17. The Morgan fingerprint density at radius 2 is 1.69 bits per heavy atom. The van der Waals surface area contributed by atoms with Crippen LogP contribution < -0.4 is 14.4 Å². The standard InChI is InChI=1S/C21H23N3O2/c1-2-4-17(5-3-1)24-10-8-23(9-11-24)7-6-16-14-22-19-13-21-20(12-18(16)19)25-15-26-21/h1-5,12-14,22H,6-11,15H2. The van der Waals surface area contributed by atoms with Gasteiger partial charge in [0.2, 0.25) is 6.79 Å². The number of benzene rings is 2. The number of aromatic nitrogens is 1. The topological polar surface area (TPSA) is 40.7 Å². The molecular formula is C21H23N3O2. The zero-order chi connectivity index (χ0) is 17.3. The van der Waals surface area contributed by atoms with Crippen molar-refractivity contribution in [2.24, 2.45) is 0 Å². The van der Waals surface area contributed by atoms with Gasteiger partial charge in [-0.05, 0) is 30.2 Å². The van der Waals surface area contributed by atoms with E-state index in [9.17, 15) is 0 Å². The van der Waals surface area contributed by atoms with Gasteiger partial charge in [-0.15, -0.1) is 0 Å². The number of nitrogens with one attached hydrogen (secondary N) is 1. The van der Waals surface area contributed by atoms with Crippen molar-refractivity contribution in [2.45, 2.75) is 6.42 Å². The lowest BCUT2D eigenvalue weighted by atomic mass is 10.1. The average Bonchev–Trinajstić information content (AvgIpc) is 3.32. The van der Waals surface area contributed by atoms with Crippen LogP contribution in [0.15, 0.2) is 48.7 Å². The van der Waals surface area contributed by atoms with Crippen molar-refractivity contribution in [3.8, 4) is 11.5 Å². The average molecular weight is 349 g/mol. The van der Waals surface area contributed by atoms with Gasteiger partial charge < -0.3 is 19.4 Å². The highest BCUT2D eigenvalue weighted by Gasteiger charge is 2.19. The molecule has 0 radical (unpaired) electrons. The molecule has 0 aliphatic carbocycles. The van der Waals surface area contributed by atoms with E-state index >= 15 is 0 Å². The van der Waals surface area contributed by atoms with Crippen LogP contribution in [0.4, 0.5) is 5.69 Å². The Morgan fingerprint density at radius 1 is 0.923 bits per heavy atom. The van der Waals surface area contributed by atoms with E-state index < -0.39 is 0 Å². The van der Waals surface area contributed by atoms with Gasteiger partial charge in [-0.3, -0.25) is 4.90 Å². The third kappa shape index (κ3) is 2.88. The van der Waals surface area contributed by atoms with Gasteiger partial charge in [-0.25, -0.2) is 0 Å². The monoisotopic (exact) mass is 349 g/mol. The number of hydrogen-bond donors (Lipinski definition) is 1. The lowest BCUT2D eigenvalue weighted by Gasteiger charge is -2.36. The molecule has 5 nitrogen and oxygen atoms in total. The van der Waals surface area contributed by atoms with Crippen LogP contribution in [-0.2, 0) is 6.42 Å². The van der Waals surface area contributed by atoms with Gasteiger partial charge in [0.1, 0.15) is 0 Å². The van der Waals surface area contributed by atoms with Crippen molar-refractivity contribution in [1.29, 1.82) is 0 Å². The molecule has 134 valence electrons. The summed E-state index contributed by atoms with van der Waals surface area (Å²) in [6.45, 7) is 5.83. The molecule has 0 amide bonds. The van der Waals surface area contributed by atoms with Gasteiger partial charge >= 0.3 is 0 Å².